The summed E-state index contributed by atoms with van der Waals surface area (Å²) in [6.45, 7) is 0. The minimum Gasteiger partial charge on any atom is -0.340 e. The average molecular weight is 318 g/mol. The van der Waals surface area contributed by atoms with Gasteiger partial charge < -0.3 is 9.88 Å². The van der Waals surface area contributed by atoms with Gasteiger partial charge in [0.05, 0.1) is 17.4 Å². The van der Waals surface area contributed by atoms with Crippen molar-refractivity contribution < 1.29 is 4.39 Å². The second-order valence-corrected chi connectivity index (χ2v) is 5.19. The summed E-state index contributed by atoms with van der Waals surface area (Å²) in [4.78, 5) is 12.6. The molecular formula is C15H13ClFN5. The van der Waals surface area contributed by atoms with Crippen molar-refractivity contribution in [1.82, 2.24) is 19.5 Å². The van der Waals surface area contributed by atoms with Gasteiger partial charge in [0.15, 0.2) is 0 Å². The van der Waals surface area contributed by atoms with Gasteiger partial charge in [0, 0.05) is 19.4 Å². The number of hydrogen-bond donors (Lipinski definition) is 1. The predicted octanol–water partition coefficient (Wildman–Crippen LogP) is 3.20. The lowest BCUT2D eigenvalue weighted by molar-refractivity contribution is 0.622. The van der Waals surface area contributed by atoms with Crippen molar-refractivity contribution >= 4 is 17.5 Å². The van der Waals surface area contributed by atoms with E-state index in [4.69, 9.17) is 11.6 Å². The maximum atomic E-state index is 13.6. The summed E-state index contributed by atoms with van der Waals surface area (Å²) in [7, 11) is 1.87. The molecule has 0 amide bonds. The van der Waals surface area contributed by atoms with Crippen LogP contribution in [0.15, 0.2) is 49.1 Å². The standard InChI is InChI=1S/C15H13ClFN5/c1-22-6-5-18-14(22)13(10-3-2-4-12(17)7-10)21-15-19-8-11(16)9-20-15/h2-9,13H,1H3,(H,19,20,21). The zero-order valence-corrected chi connectivity index (χ0v) is 12.5. The molecule has 3 rings (SSSR count). The van der Waals surface area contributed by atoms with Gasteiger partial charge in [-0.2, -0.15) is 0 Å². The number of halogens is 2. The van der Waals surface area contributed by atoms with Gasteiger partial charge in [0.25, 0.3) is 0 Å². The molecule has 5 nitrogen and oxygen atoms in total. The minimum absolute atomic E-state index is 0.310. The van der Waals surface area contributed by atoms with Gasteiger partial charge in [-0.25, -0.2) is 19.3 Å². The van der Waals surface area contributed by atoms with Crippen LogP contribution in [0.3, 0.4) is 0 Å². The Morgan fingerprint density at radius 3 is 2.64 bits per heavy atom. The number of aromatic nitrogens is 4. The molecule has 0 saturated heterocycles. The average Bonchev–Trinajstić information content (AvgIpc) is 2.92. The van der Waals surface area contributed by atoms with E-state index >= 15 is 0 Å². The SMILES string of the molecule is Cn1ccnc1C(Nc1ncc(Cl)cn1)c1cccc(F)c1. The lowest BCUT2D eigenvalue weighted by Gasteiger charge is -2.19. The molecule has 0 fully saturated rings. The first-order chi connectivity index (χ1) is 10.6. The summed E-state index contributed by atoms with van der Waals surface area (Å²) in [6, 6.07) is 5.97. The topological polar surface area (TPSA) is 55.6 Å². The molecule has 22 heavy (non-hydrogen) atoms. The molecule has 0 aliphatic heterocycles. The fourth-order valence-corrected chi connectivity index (χ4v) is 2.25. The van der Waals surface area contributed by atoms with Gasteiger partial charge in [0.2, 0.25) is 5.95 Å². The van der Waals surface area contributed by atoms with Crippen LogP contribution < -0.4 is 5.32 Å². The predicted molar refractivity (Wildman–Crippen MR) is 82.1 cm³/mol. The van der Waals surface area contributed by atoms with E-state index in [0.717, 1.165) is 11.4 Å². The fraction of sp³-hybridized carbons (Fsp3) is 0.133. The Balaban J connectivity index is 2.00. The molecule has 112 valence electrons. The Labute approximate surface area is 131 Å². The van der Waals surface area contributed by atoms with Gasteiger partial charge >= 0.3 is 0 Å². The van der Waals surface area contributed by atoms with Crippen LogP contribution in [0.5, 0.6) is 0 Å². The Kier molecular flexibility index (Phi) is 4.02. The number of benzene rings is 1. The third-order valence-corrected chi connectivity index (χ3v) is 3.39. The number of anilines is 1. The number of rotatable bonds is 4. The normalized spacial score (nSPS) is 12.1. The molecule has 2 aromatic heterocycles. The highest BCUT2D eigenvalue weighted by Gasteiger charge is 2.19. The summed E-state index contributed by atoms with van der Waals surface area (Å²) in [6.07, 6.45) is 6.51. The third-order valence-electron chi connectivity index (χ3n) is 3.19. The summed E-state index contributed by atoms with van der Waals surface area (Å²) in [5.74, 6) is 0.807. The van der Waals surface area contributed by atoms with Crippen LogP contribution >= 0.6 is 11.6 Å². The van der Waals surface area contributed by atoms with Crippen molar-refractivity contribution in [3.63, 3.8) is 0 Å². The summed E-state index contributed by atoms with van der Waals surface area (Å²) >= 11 is 5.79. The molecule has 1 atom stereocenters. The molecule has 1 unspecified atom stereocenters. The highest BCUT2D eigenvalue weighted by atomic mass is 35.5. The number of nitrogens with zero attached hydrogens (tertiary/aromatic N) is 4. The lowest BCUT2D eigenvalue weighted by atomic mass is 10.1. The van der Waals surface area contributed by atoms with Crippen molar-refractivity contribution in [2.24, 2.45) is 7.05 Å². The first-order valence-corrected chi connectivity index (χ1v) is 6.98. The van der Waals surface area contributed by atoms with Crippen LogP contribution in [0.4, 0.5) is 10.3 Å². The van der Waals surface area contributed by atoms with Gasteiger partial charge in [-0.15, -0.1) is 0 Å². The number of nitrogens with one attached hydrogen (secondary N) is 1. The van der Waals surface area contributed by atoms with Crippen LogP contribution in [0, 0.1) is 5.82 Å². The lowest BCUT2D eigenvalue weighted by Crippen LogP contribution is -2.18. The van der Waals surface area contributed by atoms with E-state index < -0.39 is 0 Å². The molecule has 1 N–H and O–H groups in total. The molecule has 0 aliphatic carbocycles. The minimum atomic E-state index is -0.378. The largest absolute Gasteiger partial charge is 0.340 e. The molecule has 0 radical (unpaired) electrons. The molecule has 7 heteroatoms. The van der Waals surface area contributed by atoms with Gasteiger partial charge in [-0.3, -0.25) is 0 Å². The maximum Gasteiger partial charge on any atom is 0.223 e. The maximum absolute atomic E-state index is 13.6. The zero-order chi connectivity index (χ0) is 15.5. The van der Waals surface area contributed by atoms with Gasteiger partial charge in [0.1, 0.15) is 17.7 Å². The monoisotopic (exact) mass is 317 g/mol. The van der Waals surface area contributed by atoms with E-state index in [1.54, 1.807) is 12.3 Å². The van der Waals surface area contributed by atoms with Crippen LogP contribution in [-0.2, 0) is 7.05 Å². The van der Waals surface area contributed by atoms with Crippen molar-refractivity contribution in [2.45, 2.75) is 6.04 Å². The molecule has 3 aromatic rings. The molecule has 2 heterocycles. The zero-order valence-electron chi connectivity index (χ0n) is 11.7. The second-order valence-electron chi connectivity index (χ2n) is 4.75. The van der Waals surface area contributed by atoms with Crippen molar-refractivity contribution in [2.75, 3.05) is 5.32 Å². The van der Waals surface area contributed by atoms with Gasteiger partial charge in [-0.05, 0) is 17.7 Å². The van der Waals surface area contributed by atoms with E-state index in [1.165, 1.54) is 24.5 Å². The van der Waals surface area contributed by atoms with Crippen LogP contribution in [0.25, 0.3) is 0 Å². The number of hydrogen-bond acceptors (Lipinski definition) is 4. The van der Waals surface area contributed by atoms with E-state index in [2.05, 4.69) is 20.3 Å². The molecular weight excluding hydrogens is 305 g/mol. The van der Waals surface area contributed by atoms with Crippen molar-refractivity contribution in [3.05, 3.63) is 71.3 Å². The summed E-state index contributed by atoms with van der Waals surface area (Å²) in [5, 5.41) is 3.61. The fourth-order valence-electron chi connectivity index (χ4n) is 2.15. The first-order valence-electron chi connectivity index (χ1n) is 6.60. The number of aryl methyl sites for hydroxylation is 1. The van der Waals surface area contributed by atoms with Crippen LogP contribution in [0.1, 0.15) is 17.4 Å². The van der Waals surface area contributed by atoms with Crippen molar-refractivity contribution in [3.8, 4) is 0 Å². The Hall–Kier alpha value is -2.47. The molecule has 1 aromatic carbocycles. The Morgan fingerprint density at radius 2 is 2.00 bits per heavy atom. The van der Waals surface area contributed by atoms with E-state index in [0.29, 0.717) is 11.0 Å². The van der Waals surface area contributed by atoms with Gasteiger partial charge in [-0.1, -0.05) is 23.7 Å². The molecule has 0 spiro atoms. The molecule has 0 bridgehead atoms. The quantitative estimate of drug-likeness (QED) is 0.803. The smallest absolute Gasteiger partial charge is 0.223 e. The highest BCUT2D eigenvalue weighted by Crippen LogP contribution is 2.24. The number of imidazole rings is 1. The van der Waals surface area contributed by atoms with E-state index in [1.807, 2.05) is 23.9 Å². The first kappa shape index (κ1) is 14.5. The third kappa shape index (κ3) is 3.07. The molecule has 0 aliphatic rings. The summed E-state index contributed by atoms with van der Waals surface area (Å²) in [5.41, 5.74) is 0.729. The van der Waals surface area contributed by atoms with Crippen molar-refractivity contribution in [1.29, 1.82) is 0 Å². The Bertz CT molecular complexity index is 772. The summed E-state index contributed by atoms with van der Waals surface area (Å²) < 4.78 is 15.4. The molecule has 0 saturated carbocycles. The highest BCUT2D eigenvalue weighted by molar-refractivity contribution is 6.30. The van der Waals surface area contributed by atoms with Crippen LogP contribution in [0.2, 0.25) is 5.02 Å². The Morgan fingerprint density at radius 1 is 1.23 bits per heavy atom. The second kappa shape index (κ2) is 6.11. The van der Waals surface area contributed by atoms with E-state index in [-0.39, 0.29) is 11.9 Å². The van der Waals surface area contributed by atoms with Crippen LogP contribution in [-0.4, -0.2) is 19.5 Å². The van der Waals surface area contributed by atoms with E-state index in [9.17, 15) is 4.39 Å².